The summed E-state index contributed by atoms with van der Waals surface area (Å²) >= 11 is 3.30. The highest BCUT2D eigenvalue weighted by Crippen LogP contribution is 2.23. The van der Waals surface area contributed by atoms with E-state index in [0.29, 0.717) is 11.4 Å². The summed E-state index contributed by atoms with van der Waals surface area (Å²) in [7, 11) is 0. The van der Waals surface area contributed by atoms with Gasteiger partial charge in [-0.2, -0.15) is 0 Å². The van der Waals surface area contributed by atoms with Crippen molar-refractivity contribution in [1.82, 2.24) is 0 Å². The van der Waals surface area contributed by atoms with Gasteiger partial charge in [-0.15, -0.1) is 0 Å². The average molecular weight is 313 g/mol. The molecule has 1 aromatic carbocycles. The molecule has 98 valence electrons. The van der Waals surface area contributed by atoms with Gasteiger partial charge in [-0.1, -0.05) is 22.0 Å². The molecule has 5 heteroatoms. The quantitative estimate of drug-likeness (QED) is 0.843. The number of anilines is 2. The third kappa shape index (κ3) is 4.14. The first kappa shape index (κ1) is 14.7. The molecule has 0 heterocycles. The second-order valence-corrected chi connectivity index (χ2v) is 6.62. The summed E-state index contributed by atoms with van der Waals surface area (Å²) in [6.45, 7) is 6.89. The molecule has 1 aromatic rings. The summed E-state index contributed by atoms with van der Waals surface area (Å²) in [6.07, 6.45) is 0. The van der Waals surface area contributed by atoms with E-state index in [1.165, 1.54) is 6.92 Å². The number of amides is 2. The van der Waals surface area contributed by atoms with Gasteiger partial charge in [0.1, 0.15) is 0 Å². The smallest absolute Gasteiger partial charge is 0.240 e. The number of hydrogen-bond acceptors (Lipinski definition) is 2. The van der Waals surface area contributed by atoms with Gasteiger partial charge in [-0.05, 0) is 38.5 Å². The number of rotatable bonds is 3. The summed E-state index contributed by atoms with van der Waals surface area (Å²) in [5.41, 5.74) is 2.30. The van der Waals surface area contributed by atoms with Crippen LogP contribution in [0, 0.1) is 6.92 Å². The minimum Gasteiger partial charge on any atom is -0.326 e. The molecule has 0 unspecified atom stereocenters. The van der Waals surface area contributed by atoms with E-state index in [1.54, 1.807) is 26.0 Å². The van der Waals surface area contributed by atoms with Crippen molar-refractivity contribution in [2.75, 3.05) is 10.6 Å². The first-order valence-electron chi connectivity index (χ1n) is 5.59. The predicted octanol–water partition coefficient (Wildman–Crippen LogP) is 3.07. The number of halogens is 1. The molecule has 1 rings (SSSR count). The minimum atomic E-state index is -0.635. The number of benzene rings is 1. The molecule has 2 N–H and O–H groups in total. The molecule has 0 saturated carbocycles. The normalized spacial score (nSPS) is 10.9. The molecular weight excluding hydrogens is 296 g/mol. The Kier molecular flexibility index (Phi) is 4.51. The molecule has 0 spiro atoms. The lowest BCUT2D eigenvalue weighted by molar-refractivity contribution is -0.117. The molecule has 0 atom stereocenters. The van der Waals surface area contributed by atoms with Gasteiger partial charge in [0.25, 0.3) is 0 Å². The maximum atomic E-state index is 11.9. The van der Waals surface area contributed by atoms with Crippen molar-refractivity contribution >= 4 is 39.1 Å². The Morgan fingerprint density at radius 3 is 2.33 bits per heavy atom. The zero-order valence-electron chi connectivity index (χ0n) is 10.9. The number of carbonyl (C=O) groups excluding carboxylic acids is 2. The van der Waals surface area contributed by atoms with E-state index in [-0.39, 0.29) is 11.8 Å². The standard InChI is InChI=1S/C13H17BrN2O2/c1-8-5-6-10(15-9(2)17)7-11(8)16-12(18)13(3,4)14/h5-7H,1-4H3,(H,15,17)(H,16,18). The Labute approximate surface area is 115 Å². The van der Waals surface area contributed by atoms with Crippen LogP contribution in [0.2, 0.25) is 0 Å². The number of aryl methyl sites for hydroxylation is 1. The fraction of sp³-hybridized carbons (Fsp3) is 0.385. The van der Waals surface area contributed by atoms with Crippen LogP contribution in [-0.4, -0.2) is 16.1 Å². The van der Waals surface area contributed by atoms with Crippen molar-refractivity contribution in [1.29, 1.82) is 0 Å². The van der Waals surface area contributed by atoms with E-state index in [1.807, 2.05) is 13.0 Å². The number of carbonyl (C=O) groups is 2. The zero-order valence-corrected chi connectivity index (χ0v) is 12.5. The van der Waals surface area contributed by atoms with Crippen molar-refractivity contribution in [3.05, 3.63) is 23.8 Å². The molecule has 0 bridgehead atoms. The van der Waals surface area contributed by atoms with Crippen LogP contribution >= 0.6 is 15.9 Å². The molecule has 0 radical (unpaired) electrons. The first-order chi connectivity index (χ1) is 8.20. The molecule has 0 fully saturated rings. The maximum Gasteiger partial charge on any atom is 0.240 e. The zero-order chi connectivity index (χ0) is 13.9. The Morgan fingerprint density at radius 2 is 1.83 bits per heavy atom. The third-order valence-corrected chi connectivity index (χ3v) is 2.71. The van der Waals surface area contributed by atoms with E-state index < -0.39 is 4.32 Å². The second kappa shape index (κ2) is 5.52. The van der Waals surface area contributed by atoms with Crippen LogP contribution in [0.15, 0.2) is 18.2 Å². The van der Waals surface area contributed by atoms with Crippen molar-refractivity contribution < 1.29 is 9.59 Å². The lowest BCUT2D eigenvalue weighted by atomic mass is 10.1. The van der Waals surface area contributed by atoms with Gasteiger partial charge in [0.2, 0.25) is 11.8 Å². The fourth-order valence-corrected chi connectivity index (χ4v) is 1.41. The molecule has 0 aliphatic rings. The maximum absolute atomic E-state index is 11.9. The van der Waals surface area contributed by atoms with Gasteiger partial charge in [0.15, 0.2) is 0 Å². The SMILES string of the molecule is CC(=O)Nc1ccc(C)c(NC(=O)C(C)(C)Br)c1. The summed E-state index contributed by atoms with van der Waals surface area (Å²) in [5, 5.41) is 5.51. The first-order valence-corrected chi connectivity index (χ1v) is 6.38. The molecule has 0 saturated heterocycles. The molecule has 0 aliphatic heterocycles. The van der Waals surface area contributed by atoms with Gasteiger partial charge < -0.3 is 10.6 Å². The van der Waals surface area contributed by atoms with Crippen LogP contribution in [0.4, 0.5) is 11.4 Å². The largest absolute Gasteiger partial charge is 0.326 e. The Bertz CT molecular complexity index is 478. The monoisotopic (exact) mass is 312 g/mol. The van der Waals surface area contributed by atoms with Crippen LogP contribution in [0.3, 0.4) is 0 Å². The average Bonchev–Trinajstić information content (AvgIpc) is 2.20. The van der Waals surface area contributed by atoms with Crippen LogP contribution in [0.25, 0.3) is 0 Å². The summed E-state index contributed by atoms with van der Waals surface area (Å²) < 4.78 is -0.635. The van der Waals surface area contributed by atoms with Gasteiger partial charge in [0.05, 0.1) is 4.32 Å². The van der Waals surface area contributed by atoms with Crippen molar-refractivity contribution in [3.8, 4) is 0 Å². The predicted molar refractivity (Wildman–Crippen MR) is 77.1 cm³/mol. The van der Waals surface area contributed by atoms with Gasteiger partial charge in [-0.3, -0.25) is 9.59 Å². The molecular formula is C13H17BrN2O2. The topological polar surface area (TPSA) is 58.2 Å². The van der Waals surface area contributed by atoms with Gasteiger partial charge in [0, 0.05) is 18.3 Å². The lowest BCUT2D eigenvalue weighted by Gasteiger charge is -2.17. The highest BCUT2D eigenvalue weighted by Gasteiger charge is 2.23. The Hall–Kier alpha value is -1.36. The van der Waals surface area contributed by atoms with Crippen LogP contribution < -0.4 is 10.6 Å². The van der Waals surface area contributed by atoms with Gasteiger partial charge in [-0.25, -0.2) is 0 Å². The summed E-state index contributed by atoms with van der Waals surface area (Å²) in [5.74, 6) is -0.275. The second-order valence-electron chi connectivity index (χ2n) is 4.64. The molecule has 4 nitrogen and oxygen atoms in total. The number of alkyl halides is 1. The summed E-state index contributed by atoms with van der Waals surface area (Å²) in [4.78, 5) is 22.9. The molecule has 0 aromatic heterocycles. The van der Waals surface area contributed by atoms with Crippen molar-refractivity contribution in [2.45, 2.75) is 32.0 Å². The van der Waals surface area contributed by atoms with E-state index in [4.69, 9.17) is 0 Å². The number of nitrogens with one attached hydrogen (secondary N) is 2. The lowest BCUT2D eigenvalue weighted by Crippen LogP contribution is -2.31. The van der Waals surface area contributed by atoms with Crippen molar-refractivity contribution in [3.63, 3.8) is 0 Å². The Morgan fingerprint density at radius 1 is 1.22 bits per heavy atom. The highest BCUT2D eigenvalue weighted by molar-refractivity contribution is 9.10. The fourth-order valence-electron chi connectivity index (χ4n) is 1.31. The van der Waals surface area contributed by atoms with Crippen LogP contribution in [0.5, 0.6) is 0 Å². The van der Waals surface area contributed by atoms with Crippen molar-refractivity contribution in [2.24, 2.45) is 0 Å². The number of hydrogen-bond donors (Lipinski definition) is 2. The molecule has 0 aliphatic carbocycles. The van der Waals surface area contributed by atoms with Gasteiger partial charge >= 0.3 is 0 Å². The van der Waals surface area contributed by atoms with E-state index in [2.05, 4.69) is 26.6 Å². The van der Waals surface area contributed by atoms with Crippen LogP contribution in [-0.2, 0) is 9.59 Å². The third-order valence-electron chi connectivity index (χ3n) is 2.35. The minimum absolute atomic E-state index is 0.134. The molecule has 18 heavy (non-hydrogen) atoms. The highest BCUT2D eigenvalue weighted by atomic mass is 79.9. The van der Waals surface area contributed by atoms with E-state index in [0.717, 1.165) is 5.56 Å². The molecule has 2 amide bonds. The summed E-state index contributed by atoms with van der Waals surface area (Å²) in [6, 6.07) is 5.39. The van der Waals surface area contributed by atoms with Crippen LogP contribution in [0.1, 0.15) is 26.3 Å². The van der Waals surface area contributed by atoms with E-state index in [9.17, 15) is 9.59 Å². The van der Waals surface area contributed by atoms with E-state index >= 15 is 0 Å². The Balaban J connectivity index is 2.94.